The second-order valence-electron chi connectivity index (χ2n) is 5.09. The molecule has 1 fully saturated rings. The Bertz CT molecular complexity index is 696. The SMILES string of the molecule is O=C(COc1ccccc1-c1ccccc1)OC1CCOC1=O. The zero-order valence-corrected chi connectivity index (χ0v) is 12.4. The van der Waals surface area contributed by atoms with E-state index in [9.17, 15) is 9.59 Å². The van der Waals surface area contributed by atoms with E-state index in [-0.39, 0.29) is 13.2 Å². The minimum atomic E-state index is -0.810. The number of benzene rings is 2. The molecule has 0 bridgehead atoms. The van der Waals surface area contributed by atoms with Crippen LogP contribution in [-0.2, 0) is 19.1 Å². The third kappa shape index (κ3) is 3.69. The lowest BCUT2D eigenvalue weighted by molar-refractivity contribution is -0.161. The molecule has 0 saturated carbocycles. The van der Waals surface area contributed by atoms with E-state index in [2.05, 4.69) is 0 Å². The molecule has 1 heterocycles. The van der Waals surface area contributed by atoms with E-state index in [0.717, 1.165) is 11.1 Å². The molecule has 2 aromatic rings. The van der Waals surface area contributed by atoms with E-state index in [1.807, 2.05) is 48.5 Å². The average molecular weight is 312 g/mol. The highest BCUT2D eigenvalue weighted by atomic mass is 16.6. The number of esters is 2. The van der Waals surface area contributed by atoms with Crippen LogP contribution in [-0.4, -0.2) is 31.3 Å². The smallest absolute Gasteiger partial charge is 0.347 e. The van der Waals surface area contributed by atoms with Gasteiger partial charge in [-0.05, 0) is 11.6 Å². The van der Waals surface area contributed by atoms with Gasteiger partial charge in [0.25, 0.3) is 0 Å². The molecular weight excluding hydrogens is 296 g/mol. The summed E-state index contributed by atoms with van der Waals surface area (Å²) in [6, 6.07) is 17.2. The number of cyclic esters (lactones) is 1. The molecule has 1 aliphatic rings. The summed E-state index contributed by atoms with van der Waals surface area (Å²) < 4.78 is 15.4. The van der Waals surface area contributed by atoms with Gasteiger partial charge in [0.15, 0.2) is 6.61 Å². The summed E-state index contributed by atoms with van der Waals surface area (Å²) in [5.74, 6) is -0.496. The fourth-order valence-electron chi connectivity index (χ4n) is 2.36. The van der Waals surface area contributed by atoms with Gasteiger partial charge in [0.2, 0.25) is 6.10 Å². The van der Waals surface area contributed by atoms with Crippen molar-refractivity contribution < 1.29 is 23.8 Å². The van der Waals surface area contributed by atoms with E-state index in [1.165, 1.54) is 0 Å². The lowest BCUT2D eigenvalue weighted by Crippen LogP contribution is -2.26. The molecule has 118 valence electrons. The Labute approximate surface area is 133 Å². The van der Waals surface area contributed by atoms with E-state index in [4.69, 9.17) is 14.2 Å². The lowest BCUT2D eigenvalue weighted by Gasteiger charge is -2.12. The quantitative estimate of drug-likeness (QED) is 0.794. The van der Waals surface area contributed by atoms with Gasteiger partial charge in [-0.1, -0.05) is 48.5 Å². The van der Waals surface area contributed by atoms with Crippen LogP contribution in [0.4, 0.5) is 0 Å². The van der Waals surface area contributed by atoms with E-state index in [0.29, 0.717) is 12.2 Å². The highest BCUT2D eigenvalue weighted by Gasteiger charge is 2.30. The Morgan fingerprint density at radius 1 is 1.09 bits per heavy atom. The third-order valence-electron chi connectivity index (χ3n) is 3.48. The number of carbonyl (C=O) groups excluding carboxylic acids is 2. The Balaban J connectivity index is 1.64. The number of hydrogen-bond donors (Lipinski definition) is 0. The largest absolute Gasteiger partial charge is 0.481 e. The first-order valence-corrected chi connectivity index (χ1v) is 7.37. The Kier molecular flexibility index (Phi) is 4.57. The maximum atomic E-state index is 11.8. The van der Waals surface area contributed by atoms with Gasteiger partial charge >= 0.3 is 11.9 Å². The summed E-state index contributed by atoms with van der Waals surface area (Å²) in [6.45, 7) is 0.0299. The predicted molar refractivity (Wildman–Crippen MR) is 82.8 cm³/mol. The van der Waals surface area contributed by atoms with E-state index >= 15 is 0 Å². The number of ether oxygens (including phenoxy) is 3. The topological polar surface area (TPSA) is 61.8 Å². The van der Waals surface area contributed by atoms with Crippen LogP contribution in [0.3, 0.4) is 0 Å². The van der Waals surface area contributed by atoms with Crippen LogP contribution >= 0.6 is 0 Å². The molecule has 5 nitrogen and oxygen atoms in total. The van der Waals surface area contributed by atoms with Crippen LogP contribution in [0.5, 0.6) is 5.75 Å². The third-order valence-corrected chi connectivity index (χ3v) is 3.48. The molecule has 1 unspecified atom stereocenters. The summed E-state index contributed by atoms with van der Waals surface area (Å²) in [7, 11) is 0. The maximum absolute atomic E-state index is 11.8. The molecule has 0 spiro atoms. The molecular formula is C18H16O5. The molecule has 1 saturated heterocycles. The normalized spacial score (nSPS) is 16.7. The summed E-state index contributed by atoms with van der Waals surface area (Å²) in [6.07, 6.45) is -0.416. The van der Waals surface area contributed by atoms with Crippen molar-refractivity contribution in [3.05, 3.63) is 54.6 Å². The van der Waals surface area contributed by atoms with Gasteiger partial charge in [0.1, 0.15) is 5.75 Å². The van der Waals surface area contributed by atoms with Gasteiger partial charge in [-0.25, -0.2) is 9.59 Å². The number of carbonyl (C=O) groups is 2. The fourth-order valence-corrected chi connectivity index (χ4v) is 2.36. The predicted octanol–water partition coefficient (Wildman–Crippen LogP) is 2.59. The van der Waals surface area contributed by atoms with Crippen molar-refractivity contribution in [3.8, 4) is 16.9 Å². The van der Waals surface area contributed by atoms with Gasteiger partial charge in [0.05, 0.1) is 6.61 Å². The van der Waals surface area contributed by atoms with Crippen LogP contribution < -0.4 is 4.74 Å². The van der Waals surface area contributed by atoms with Crippen LogP contribution in [0.1, 0.15) is 6.42 Å². The van der Waals surface area contributed by atoms with Gasteiger partial charge in [-0.2, -0.15) is 0 Å². The Morgan fingerprint density at radius 3 is 2.57 bits per heavy atom. The summed E-state index contributed by atoms with van der Waals surface area (Å²) in [4.78, 5) is 23.1. The van der Waals surface area contributed by atoms with Crippen molar-refractivity contribution in [2.75, 3.05) is 13.2 Å². The Morgan fingerprint density at radius 2 is 1.83 bits per heavy atom. The highest BCUT2D eigenvalue weighted by molar-refractivity contribution is 5.81. The molecule has 0 amide bonds. The van der Waals surface area contributed by atoms with Crippen LogP contribution in [0.2, 0.25) is 0 Å². The standard InChI is InChI=1S/C18H16O5/c19-17(23-16-10-11-21-18(16)20)12-22-15-9-5-4-8-14(15)13-6-2-1-3-7-13/h1-9,16H,10-12H2. The number of hydrogen-bond acceptors (Lipinski definition) is 5. The summed E-state index contributed by atoms with van der Waals surface area (Å²) >= 11 is 0. The monoisotopic (exact) mass is 312 g/mol. The van der Waals surface area contributed by atoms with Crippen LogP contribution in [0, 0.1) is 0 Å². The molecule has 23 heavy (non-hydrogen) atoms. The first-order chi connectivity index (χ1) is 11.2. The van der Waals surface area contributed by atoms with E-state index < -0.39 is 18.0 Å². The second-order valence-corrected chi connectivity index (χ2v) is 5.09. The highest BCUT2D eigenvalue weighted by Crippen LogP contribution is 2.29. The number of rotatable bonds is 5. The molecule has 0 N–H and O–H groups in total. The first-order valence-electron chi connectivity index (χ1n) is 7.37. The second kappa shape index (κ2) is 6.96. The summed E-state index contributed by atoms with van der Waals surface area (Å²) in [5, 5.41) is 0. The fraction of sp³-hybridized carbons (Fsp3) is 0.222. The van der Waals surface area contributed by atoms with Crippen molar-refractivity contribution in [2.24, 2.45) is 0 Å². The molecule has 0 aliphatic carbocycles. The maximum Gasteiger partial charge on any atom is 0.347 e. The van der Waals surface area contributed by atoms with E-state index in [1.54, 1.807) is 6.07 Å². The minimum Gasteiger partial charge on any atom is -0.481 e. The van der Waals surface area contributed by atoms with Gasteiger partial charge < -0.3 is 14.2 Å². The minimum absolute atomic E-state index is 0.256. The first kappa shape index (κ1) is 15.1. The van der Waals surface area contributed by atoms with Crippen molar-refractivity contribution >= 4 is 11.9 Å². The van der Waals surface area contributed by atoms with Crippen molar-refractivity contribution in [3.63, 3.8) is 0 Å². The van der Waals surface area contributed by atoms with Crippen LogP contribution in [0.25, 0.3) is 11.1 Å². The van der Waals surface area contributed by atoms with Gasteiger partial charge in [0, 0.05) is 12.0 Å². The molecule has 3 rings (SSSR count). The summed E-state index contributed by atoms with van der Waals surface area (Å²) in [5.41, 5.74) is 1.89. The molecule has 2 aromatic carbocycles. The van der Waals surface area contributed by atoms with Crippen molar-refractivity contribution in [1.29, 1.82) is 0 Å². The lowest BCUT2D eigenvalue weighted by atomic mass is 10.1. The zero-order valence-electron chi connectivity index (χ0n) is 12.4. The molecule has 5 heteroatoms. The Hall–Kier alpha value is -2.82. The van der Waals surface area contributed by atoms with Crippen molar-refractivity contribution in [2.45, 2.75) is 12.5 Å². The van der Waals surface area contributed by atoms with Gasteiger partial charge in [-0.3, -0.25) is 0 Å². The molecule has 1 atom stereocenters. The van der Waals surface area contributed by atoms with Crippen LogP contribution in [0.15, 0.2) is 54.6 Å². The van der Waals surface area contributed by atoms with Crippen molar-refractivity contribution in [1.82, 2.24) is 0 Å². The average Bonchev–Trinajstić information content (AvgIpc) is 2.99. The molecule has 0 aromatic heterocycles. The van der Waals surface area contributed by atoms with Gasteiger partial charge in [-0.15, -0.1) is 0 Å². The molecule has 0 radical (unpaired) electrons. The molecule has 1 aliphatic heterocycles. The number of para-hydroxylation sites is 1. The zero-order chi connectivity index (χ0) is 16.1.